The molecule has 0 saturated carbocycles. The van der Waals surface area contributed by atoms with Crippen molar-refractivity contribution in [3.63, 3.8) is 0 Å². The van der Waals surface area contributed by atoms with Crippen LogP contribution in [0.2, 0.25) is 0 Å². The van der Waals surface area contributed by atoms with Gasteiger partial charge in [0, 0.05) is 45.2 Å². The summed E-state index contributed by atoms with van der Waals surface area (Å²) in [6.45, 7) is 8.24. The fraction of sp³-hybridized carbons (Fsp3) is 0.443. The van der Waals surface area contributed by atoms with Crippen LogP contribution in [0.1, 0.15) is 172 Å². The van der Waals surface area contributed by atoms with Gasteiger partial charge in [0.05, 0.1) is 18.6 Å². The van der Waals surface area contributed by atoms with Gasteiger partial charge >= 0.3 is 6.98 Å². The number of ketones is 1. The van der Waals surface area contributed by atoms with E-state index in [1.165, 1.54) is 116 Å². The molecule has 4 N–H and O–H groups in total. The first-order chi connectivity index (χ1) is 34.9. The van der Waals surface area contributed by atoms with Crippen LogP contribution in [-0.4, -0.2) is 33.4 Å². The second kappa shape index (κ2) is 28.3. The molecule has 2 aliphatic rings. The minimum atomic E-state index is -0.360. The molecule has 71 heavy (non-hydrogen) atoms. The van der Waals surface area contributed by atoms with Crippen molar-refractivity contribution in [2.75, 3.05) is 24.2 Å². The Bertz CT molecular complexity index is 2680. The number of hydrogen-bond acceptors (Lipinski definition) is 8. The highest BCUT2D eigenvalue weighted by molar-refractivity contribution is 6.69. The third-order valence-corrected chi connectivity index (χ3v) is 14.1. The van der Waals surface area contributed by atoms with Crippen molar-refractivity contribution in [2.45, 2.75) is 162 Å². The highest BCUT2D eigenvalue weighted by Gasteiger charge is 2.32. The lowest BCUT2D eigenvalue weighted by molar-refractivity contribution is -0.292. The number of allylic oxidation sites excluding steroid dienone is 3. The first kappa shape index (κ1) is 53.1. The molecule has 10 heteroatoms. The summed E-state index contributed by atoms with van der Waals surface area (Å²) in [5.74, 6) is 1.07. The minimum absolute atomic E-state index is 0.106. The van der Waals surface area contributed by atoms with E-state index in [0.717, 1.165) is 75.9 Å². The molecule has 1 radical (unpaired) electrons. The van der Waals surface area contributed by atoms with Gasteiger partial charge in [0.15, 0.2) is 5.78 Å². The van der Waals surface area contributed by atoms with Crippen molar-refractivity contribution >= 4 is 70.5 Å². The molecule has 1 heterocycles. The number of nitrogens with one attached hydrogen (secondary N) is 2. The molecule has 373 valence electrons. The maximum Gasteiger partial charge on any atom is 0.395 e. The highest BCUT2D eigenvalue weighted by atomic mass is 16.5. The monoisotopic (exact) mass is 953 g/mol. The smallest absolute Gasteiger partial charge is 0.395 e. The second-order valence-electron chi connectivity index (χ2n) is 19.6. The van der Waals surface area contributed by atoms with Gasteiger partial charge in [-0.15, -0.1) is 0 Å². The number of nitrogen functional groups attached to an aromatic ring is 1. The van der Waals surface area contributed by atoms with Gasteiger partial charge in [0.25, 0.3) is 7.41 Å². The Balaban J connectivity index is 1.01. The zero-order valence-electron chi connectivity index (χ0n) is 43.1. The van der Waals surface area contributed by atoms with Crippen molar-refractivity contribution in [1.82, 2.24) is 5.23 Å². The normalized spacial score (nSPS) is 14.2. The number of carbonyl (C=O) groups excluding carboxylic acids is 1. The van der Waals surface area contributed by atoms with Crippen LogP contribution in [0.15, 0.2) is 108 Å². The van der Waals surface area contributed by atoms with Gasteiger partial charge in [-0.25, -0.2) is 0 Å². The molecule has 0 bridgehead atoms. The summed E-state index contributed by atoms with van der Waals surface area (Å²) in [5.41, 5.74) is 12.7. The maximum atomic E-state index is 14.3. The quantitative estimate of drug-likeness (QED) is 0.0230. The number of Topliss-reactive ketones (excluding diaryl/α,β-unsaturated/α-hetero) is 1. The van der Waals surface area contributed by atoms with Crippen LogP contribution in [0.5, 0.6) is 11.5 Å². The third kappa shape index (κ3) is 14.7. The van der Waals surface area contributed by atoms with E-state index < -0.39 is 0 Å². The Morgan fingerprint density at radius 2 is 1.27 bits per heavy atom. The molecule has 8 nitrogen and oxygen atoms in total. The van der Waals surface area contributed by atoms with E-state index in [0.29, 0.717) is 35.0 Å². The van der Waals surface area contributed by atoms with Crippen molar-refractivity contribution in [2.24, 2.45) is 4.90 Å². The Labute approximate surface area is 426 Å². The third-order valence-electron chi connectivity index (χ3n) is 14.1. The van der Waals surface area contributed by atoms with Gasteiger partial charge < -0.3 is 35.7 Å². The summed E-state index contributed by atoms with van der Waals surface area (Å²) in [7, 11) is 1.93. The summed E-state index contributed by atoms with van der Waals surface area (Å²) in [5, 5.41) is 24.3. The van der Waals surface area contributed by atoms with E-state index in [4.69, 9.17) is 20.1 Å². The van der Waals surface area contributed by atoms with Crippen LogP contribution >= 0.6 is 0 Å². The van der Waals surface area contributed by atoms with Crippen LogP contribution in [0.4, 0.5) is 11.4 Å². The van der Waals surface area contributed by atoms with Crippen molar-refractivity contribution in [3.05, 3.63) is 130 Å². The summed E-state index contributed by atoms with van der Waals surface area (Å²) >= 11 is 0. The Kier molecular flexibility index (Phi) is 21.2. The number of hydrogen-bond donors (Lipinski definition) is 3. The number of carbonyl (C=O) groups is 1. The zero-order chi connectivity index (χ0) is 49.6. The number of anilines is 2. The minimum Gasteiger partial charge on any atom is -0.871 e. The van der Waals surface area contributed by atoms with E-state index >= 15 is 0 Å². The van der Waals surface area contributed by atoms with Gasteiger partial charge in [-0.3, -0.25) is 4.79 Å². The Hall–Kier alpha value is -5.73. The average Bonchev–Trinajstić information content (AvgIpc) is 3.39. The van der Waals surface area contributed by atoms with E-state index in [2.05, 4.69) is 43.4 Å². The van der Waals surface area contributed by atoms with Crippen LogP contribution in [0.25, 0.3) is 28.0 Å². The van der Waals surface area contributed by atoms with Gasteiger partial charge in [-0.1, -0.05) is 220 Å². The fourth-order valence-corrected chi connectivity index (χ4v) is 9.91. The van der Waals surface area contributed by atoms with Crippen molar-refractivity contribution in [1.29, 1.82) is 0 Å². The molecular weight excluding hydrogens is 874 g/mol. The number of rotatable bonds is 31. The molecule has 5 aromatic carbocycles. The Morgan fingerprint density at radius 3 is 1.85 bits per heavy atom. The molecule has 1 aliphatic carbocycles. The number of benzene rings is 5. The van der Waals surface area contributed by atoms with Crippen LogP contribution in [-0.2, 0) is 11.3 Å². The van der Waals surface area contributed by atoms with E-state index in [9.17, 15) is 9.90 Å². The summed E-state index contributed by atoms with van der Waals surface area (Å²) in [6.07, 6.45) is 31.0. The molecule has 1 aliphatic heterocycles. The molecule has 0 fully saturated rings. The molecule has 0 unspecified atom stereocenters. The molecule has 5 aromatic rings. The van der Waals surface area contributed by atoms with Gasteiger partial charge in [0.2, 0.25) is 0 Å². The first-order valence-corrected chi connectivity index (χ1v) is 27.4. The first-order valence-electron chi connectivity index (χ1n) is 27.4. The lowest BCUT2D eigenvalue weighted by atomic mass is 9.67. The molecular formula is C61H78B2N4O4-. The number of nitrogens with zero attached hydrogens (tertiary/aromatic N) is 1. The summed E-state index contributed by atoms with van der Waals surface area (Å²) in [6, 6.07) is 29.7. The van der Waals surface area contributed by atoms with E-state index in [1.807, 2.05) is 92.3 Å². The highest BCUT2D eigenvalue weighted by Crippen LogP contribution is 2.41. The Morgan fingerprint density at radius 1 is 0.690 bits per heavy atom. The largest absolute Gasteiger partial charge is 0.871 e. The van der Waals surface area contributed by atoms with Crippen LogP contribution in [0, 0.1) is 0 Å². The SMILES string of the molecule is CC/C=C\c1ccc(=C2C(=O)C(c3ccc4cccc(N[B]c5ccc(OCCCCCCCCCCCC)cc5)c4c3N)=C2[O-])c2c1CNB(c1ccc(OCCCCCCCCCCCC)cc1)N=2. The summed E-state index contributed by atoms with van der Waals surface area (Å²) in [4.78, 5) is 19.5. The maximum absolute atomic E-state index is 14.3. The molecule has 7 rings (SSSR count). The predicted molar refractivity (Wildman–Crippen MR) is 299 cm³/mol. The van der Waals surface area contributed by atoms with E-state index in [1.54, 1.807) is 6.07 Å². The number of fused-ring (bicyclic) bond motifs is 2. The van der Waals surface area contributed by atoms with Gasteiger partial charge in [-0.2, -0.15) is 0 Å². The fourth-order valence-electron chi connectivity index (χ4n) is 9.91. The number of nitrogens with two attached hydrogens (primary N) is 1. The lowest BCUT2D eigenvalue weighted by Crippen LogP contribution is -2.52. The van der Waals surface area contributed by atoms with Gasteiger partial charge in [-0.05, 0) is 71.6 Å². The molecule has 0 atom stereocenters. The van der Waals surface area contributed by atoms with Crippen LogP contribution in [0.3, 0.4) is 0 Å². The average molecular weight is 953 g/mol. The molecule has 0 spiro atoms. The van der Waals surface area contributed by atoms with E-state index in [-0.39, 0.29) is 29.7 Å². The van der Waals surface area contributed by atoms with Crippen molar-refractivity contribution in [3.8, 4) is 11.5 Å². The lowest BCUT2D eigenvalue weighted by Gasteiger charge is -2.32. The number of ether oxygens (including phenoxy) is 2. The van der Waals surface area contributed by atoms with Gasteiger partial charge in [0.1, 0.15) is 11.5 Å². The van der Waals surface area contributed by atoms with Crippen molar-refractivity contribution < 1.29 is 19.4 Å². The predicted octanol–water partition coefficient (Wildman–Crippen LogP) is 11.4. The molecule has 0 aromatic heterocycles. The molecule has 0 saturated heterocycles. The second-order valence-corrected chi connectivity index (χ2v) is 19.6. The molecule has 0 amide bonds. The summed E-state index contributed by atoms with van der Waals surface area (Å²) < 4.78 is 12.2. The number of unbranched alkanes of at least 4 members (excludes halogenated alkanes) is 18. The topological polar surface area (TPSA) is 121 Å². The zero-order valence-corrected chi connectivity index (χ0v) is 43.1. The standard InChI is InChI=1S/C61H79B2N4O4/c1-4-7-10-12-14-16-18-20-22-24-42-70-49-36-32-47(33-37-49)62-66-54-29-26-28-46-31-40-51(58(64)55(46)54)56-60(68)57(61(56)69)52-41-30-45(27-9-6-3)53-44-65-63(67-59(52)53)48-34-38-50(39-35-48)71-43-25-23-21-19-17-15-13-11-8-5-2/h9,26-41,65-66,68H,4-8,10-25,42-44,64H2,1-3H3/p-1/b27-9-,57-52?. The van der Waals surface area contributed by atoms with Crippen LogP contribution < -0.4 is 52.3 Å².